The molecule has 31 heteroatoms. The third kappa shape index (κ3) is 44.0. The van der Waals surface area contributed by atoms with Crippen LogP contribution in [0.1, 0.15) is 69.8 Å². The minimum absolute atomic E-state index is 0.00300. The number of benzene rings is 1. The number of nitrogens with two attached hydrogens (primary N) is 10. The van der Waals surface area contributed by atoms with Gasteiger partial charge in [0, 0.05) is 12.8 Å². The Morgan fingerprint density at radius 1 is 0.507 bits per heavy atom. The Morgan fingerprint density at radius 2 is 0.822 bits per heavy atom. The fourth-order valence-electron chi connectivity index (χ4n) is 5.11. The summed E-state index contributed by atoms with van der Waals surface area (Å²) in [5, 5.41) is 15.8. The Labute approximate surface area is 447 Å². The molecule has 0 aromatic heterocycles. The van der Waals surface area contributed by atoms with Crippen LogP contribution in [0.25, 0.3) is 0 Å². The number of carbonyl (C=O) groups excluding carboxylic acids is 10. The number of amides is 5. The van der Waals surface area contributed by atoms with Gasteiger partial charge in [0.25, 0.3) is 0 Å². The standard InChI is InChI=1S/C14H28N6O4Se2.C14H21N3O2Se.C7H15N3O4Se.C7H13N3O2/c15-7-19-9(11(21)1-3-13(17)23)5-25-26-6-10(20-8-16)12(22)2-4-14(18)24;1-10-2-4-11(5-3-10)20-8-12(17-9-15)13(18)6-7-14(16)19;8-4-10-5(3-15(13)14)6(11)1-2-7(9)12;1-5(10-4-8)6(11)2-3-7(9)12/h9-10,19-20H,1-8,15-16H2,(H2,17,23)(H2,18,24);2-5,12,17H,6-9,15H2,1H3,(H2,16,19);5,10H,1-4,8H2,(H2,9,12)(H,13,14);10H,1-4,8H2,(H2,9,12)/t9-,10-;12-;5-;/m000./s1. The van der Waals surface area contributed by atoms with Gasteiger partial charge in [0.1, 0.15) is 0 Å². The van der Waals surface area contributed by atoms with Crippen LogP contribution in [0.5, 0.6) is 0 Å². The van der Waals surface area contributed by atoms with E-state index in [1.807, 2.05) is 6.92 Å². The van der Waals surface area contributed by atoms with Crippen molar-refractivity contribution in [3.05, 3.63) is 42.1 Å². The fraction of sp³-hybridized carbons (Fsp3) is 0.571. The Balaban J connectivity index is -0.000000932. The molecule has 1 unspecified atom stereocenters. The van der Waals surface area contributed by atoms with Crippen molar-refractivity contribution in [1.82, 2.24) is 26.6 Å². The predicted octanol–water partition coefficient (Wildman–Crippen LogP) is -7.54. The summed E-state index contributed by atoms with van der Waals surface area (Å²) >= 11 is -2.44. The van der Waals surface area contributed by atoms with Crippen molar-refractivity contribution in [2.45, 2.75) is 117 Å². The van der Waals surface area contributed by atoms with Gasteiger partial charge < -0.3 is 16.8 Å². The van der Waals surface area contributed by atoms with Crippen molar-refractivity contribution in [1.29, 1.82) is 0 Å². The van der Waals surface area contributed by atoms with Gasteiger partial charge in [-0.25, -0.2) is 0 Å². The van der Waals surface area contributed by atoms with Gasteiger partial charge in [-0.2, -0.15) is 0 Å². The zero-order chi connectivity index (χ0) is 56.3. The van der Waals surface area contributed by atoms with E-state index in [2.05, 4.69) is 57.4 Å². The van der Waals surface area contributed by atoms with Crippen LogP contribution >= 0.6 is 0 Å². The van der Waals surface area contributed by atoms with Crippen molar-refractivity contribution in [2.24, 2.45) is 57.3 Å². The van der Waals surface area contributed by atoms with Crippen molar-refractivity contribution in [2.75, 3.05) is 33.3 Å². The predicted molar refractivity (Wildman–Crippen MR) is 278 cm³/mol. The molecule has 27 nitrogen and oxygen atoms in total. The molecule has 5 amide bonds. The number of hydrogen-bond donors (Lipinski definition) is 16. The van der Waals surface area contributed by atoms with Crippen LogP contribution in [0, 0.1) is 6.92 Å². The molecule has 26 N–H and O–H groups in total. The number of ketones is 5. The first kappa shape index (κ1) is 73.2. The number of aryl methyl sites for hydroxylation is 1. The summed E-state index contributed by atoms with van der Waals surface area (Å²) in [5.41, 5.74) is 53.0. The molecule has 0 aliphatic rings. The molecule has 0 aliphatic carbocycles. The molecule has 5 atom stereocenters. The molecule has 0 saturated heterocycles. The average molecular weight is 1300 g/mol. The zero-order valence-electron chi connectivity index (χ0n) is 41.1. The van der Waals surface area contributed by atoms with Gasteiger partial charge in [-0.1, -0.05) is 6.58 Å². The number of allylic oxidation sites excluding steroid dienone is 1. The Kier molecular flexibility index (Phi) is 46.6. The fourth-order valence-corrected chi connectivity index (χ4v) is 15.7. The first-order valence-electron chi connectivity index (χ1n) is 22.3. The van der Waals surface area contributed by atoms with Crippen LogP contribution < -0.4 is 88.4 Å². The van der Waals surface area contributed by atoms with E-state index in [9.17, 15) is 51.8 Å². The normalized spacial score (nSPS) is 12.5. The first-order chi connectivity index (χ1) is 34.4. The van der Waals surface area contributed by atoms with E-state index in [0.29, 0.717) is 10.6 Å². The van der Waals surface area contributed by atoms with Crippen LogP contribution in [-0.4, -0.2) is 176 Å². The summed E-state index contributed by atoms with van der Waals surface area (Å²) in [6, 6.07) is 6.46. The average Bonchev–Trinajstić information content (AvgIpc) is 3.32. The quantitative estimate of drug-likeness (QED) is 0.0126. The van der Waals surface area contributed by atoms with Crippen LogP contribution in [0.2, 0.25) is 21.3 Å². The van der Waals surface area contributed by atoms with E-state index in [1.165, 1.54) is 10.0 Å². The van der Waals surface area contributed by atoms with Crippen LogP contribution in [-0.2, 0) is 51.8 Å². The van der Waals surface area contributed by atoms with Crippen molar-refractivity contribution >= 4 is 118 Å². The molecule has 0 radical (unpaired) electrons. The topological polar surface area (TPSA) is 528 Å². The zero-order valence-corrected chi connectivity index (χ0v) is 48.0. The third-order valence-corrected chi connectivity index (χ3v) is 19.8. The van der Waals surface area contributed by atoms with E-state index in [-0.39, 0.29) is 185 Å². The first-order valence-corrected chi connectivity index (χ1v) is 33.8. The van der Waals surface area contributed by atoms with E-state index < -0.39 is 61.8 Å². The molecule has 0 saturated carbocycles. The maximum atomic E-state index is 12.1. The number of rotatable bonds is 40. The summed E-state index contributed by atoms with van der Waals surface area (Å²) < 4.78 is 20.6. The van der Waals surface area contributed by atoms with Gasteiger partial charge in [-0.3, -0.25) is 9.59 Å². The van der Waals surface area contributed by atoms with Crippen LogP contribution in [0.15, 0.2) is 36.5 Å². The monoisotopic (exact) mass is 1300 g/mol. The Hall–Kier alpha value is -4.06. The maximum absolute atomic E-state index is 12.1. The van der Waals surface area contributed by atoms with E-state index in [4.69, 9.17) is 61.5 Å². The summed E-state index contributed by atoms with van der Waals surface area (Å²) in [6.07, 6.45) is 0.551. The number of hydrogen-bond acceptors (Lipinski definition) is 21. The second-order valence-electron chi connectivity index (χ2n) is 15.0. The Bertz CT molecular complexity index is 1860. The molecule has 0 aliphatic heterocycles. The number of primary amides is 5. The van der Waals surface area contributed by atoms with E-state index in [0.717, 1.165) is 5.32 Å². The summed E-state index contributed by atoms with van der Waals surface area (Å²) in [6.45, 7) is 6.24. The molecule has 1 aromatic rings. The van der Waals surface area contributed by atoms with Gasteiger partial charge in [0.2, 0.25) is 5.91 Å². The molecule has 1 aromatic carbocycles. The second-order valence-corrected chi connectivity index (χ2v) is 26.9. The summed E-state index contributed by atoms with van der Waals surface area (Å²) in [4.78, 5) is 112. The van der Waals surface area contributed by atoms with E-state index >= 15 is 0 Å². The van der Waals surface area contributed by atoms with Gasteiger partial charge in [0.15, 0.2) is 5.78 Å². The molecule has 0 bridgehead atoms. The molecule has 1 rings (SSSR count). The number of Topliss-reactive ketones (excluding diaryl/α,β-unsaturated/α-hetero) is 5. The van der Waals surface area contributed by atoms with Gasteiger partial charge in [0.05, 0.1) is 12.4 Å². The number of nitrogens with one attached hydrogen (secondary N) is 5. The summed E-state index contributed by atoms with van der Waals surface area (Å²) in [5.74, 6) is -3.26. The molecule has 73 heavy (non-hydrogen) atoms. The van der Waals surface area contributed by atoms with Crippen molar-refractivity contribution < 1.29 is 56.0 Å². The number of carbonyl (C=O) groups is 10. The minimum atomic E-state index is -2.95. The molecule has 0 heterocycles. The molecular formula is C42H77N15O12Se4. The molecule has 0 fully saturated rings. The van der Waals surface area contributed by atoms with Gasteiger partial charge in [-0.15, -0.1) is 0 Å². The van der Waals surface area contributed by atoms with Crippen LogP contribution in [0.4, 0.5) is 0 Å². The van der Waals surface area contributed by atoms with Crippen LogP contribution in [0.3, 0.4) is 0 Å². The van der Waals surface area contributed by atoms with Crippen molar-refractivity contribution in [3.63, 3.8) is 0 Å². The second kappa shape index (κ2) is 46.5. The molecule has 0 spiro atoms. The third-order valence-electron chi connectivity index (χ3n) is 9.03. The Morgan fingerprint density at radius 3 is 1.14 bits per heavy atom. The van der Waals surface area contributed by atoms with Gasteiger partial charge in [-0.05, 0) is 0 Å². The molecule has 416 valence electrons. The SMILES string of the molecule is C=C(NCN)C(=O)CCC(N)=O.Cc1ccc([Se]C[C@H](NCN)C(=O)CCC(N)=O)cc1.NCN[C@@H](C[Se](=O)O)C(=O)CCC(N)=O.NCN[C@@H](C[Se][Se]C[C@H](NCN)C(=O)CCC(N)=O)C(=O)CCC(N)=O. The van der Waals surface area contributed by atoms with Crippen molar-refractivity contribution in [3.8, 4) is 0 Å². The van der Waals surface area contributed by atoms with E-state index in [1.54, 1.807) is 0 Å². The van der Waals surface area contributed by atoms with Gasteiger partial charge >= 0.3 is 380 Å². The molecular weight excluding hydrogens is 1220 g/mol. The summed E-state index contributed by atoms with van der Waals surface area (Å²) in [7, 11) is 0.